The molecule has 0 saturated heterocycles. The van der Waals surface area contributed by atoms with Crippen LogP contribution in [-0.4, -0.2) is 32.0 Å². The van der Waals surface area contributed by atoms with Crippen molar-refractivity contribution in [3.63, 3.8) is 0 Å². The minimum absolute atomic E-state index is 0.298. The molecule has 0 amide bonds. The van der Waals surface area contributed by atoms with Gasteiger partial charge in [0.25, 0.3) is 5.89 Å². The Morgan fingerprint density at radius 1 is 1.31 bits per heavy atom. The van der Waals surface area contributed by atoms with Crippen molar-refractivity contribution in [1.29, 1.82) is 0 Å². The SMILES string of the molecule is CCn1nc(-c2nc(-c3ccc(OC)nc3)no2)c2c1CC(C)(C)CC2. The molecule has 0 N–H and O–H groups in total. The Labute approximate surface area is 152 Å². The van der Waals surface area contributed by atoms with Crippen LogP contribution in [0.15, 0.2) is 22.9 Å². The van der Waals surface area contributed by atoms with Crippen LogP contribution >= 0.6 is 0 Å². The Hall–Kier alpha value is -2.70. The van der Waals surface area contributed by atoms with Gasteiger partial charge in [0.15, 0.2) is 5.69 Å². The van der Waals surface area contributed by atoms with Gasteiger partial charge in [-0.2, -0.15) is 10.1 Å². The minimum atomic E-state index is 0.298. The number of fused-ring (bicyclic) bond motifs is 1. The molecule has 26 heavy (non-hydrogen) atoms. The number of aromatic nitrogens is 5. The third-order valence-electron chi connectivity index (χ3n) is 5.00. The fourth-order valence-corrected chi connectivity index (χ4v) is 3.50. The van der Waals surface area contributed by atoms with Crippen molar-refractivity contribution in [2.75, 3.05) is 7.11 Å². The zero-order valence-corrected chi connectivity index (χ0v) is 15.6. The van der Waals surface area contributed by atoms with E-state index >= 15 is 0 Å². The van der Waals surface area contributed by atoms with Crippen molar-refractivity contribution in [2.24, 2.45) is 5.41 Å². The number of nitrogens with zero attached hydrogens (tertiary/aromatic N) is 5. The smallest absolute Gasteiger partial charge is 0.279 e. The normalized spacial score (nSPS) is 15.7. The van der Waals surface area contributed by atoms with Crippen LogP contribution in [0.25, 0.3) is 23.0 Å². The second-order valence-corrected chi connectivity index (χ2v) is 7.44. The maximum absolute atomic E-state index is 5.54. The van der Waals surface area contributed by atoms with E-state index in [0.717, 1.165) is 37.1 Å². The van der Waals surface area contributed by atoms with Gasteiger partial charge in [0.1, 0.15) is 0 Å². The van der Waals surface area contributed by atoms with Crippen LogP contribution in [0.3, 0.4) is 0 Å². The van der Waals surface area contributed by atoms with E-state index in [4.69, 9.17) is 14.4 Å². The van der Waals surface area contributed by atoms with Gasteiger partial charge < -0.3 is 9.26 Å². The van der Waals surface area contributed by atoms with Gasteiger partial charge in [0.2, 0.25) is 11.7 Å². The third kappa shape index (κ3) is 2.87. The summed E-state index contributed by atoms with van der Waals surface area (Å²) in [6.45, 7) is 7.57. The lowest BCUT2D eigenvalue weighted by atomic mass is 9.76. The highest BCUT2D eigenvalue weighted by atomic mass is 16.5. The van der Waals surface area contributed by atoms with Gasteiger partial charge in [-0.1, -0.05) is 19.0 Å². The highest BCUT2D eigenvalue weighted by Crippen LogP contribution is 2.38. The first kappa shape index (κ1) is 16.8. The lowest BCUT2D eigenvalue weighted by molar-refractivity contribution is 0.304. The Morgan fingerprint density at radius 2 is 2.15 bits per heavy atom. The number of methoxy groups -OCH3 is 1. The molecule has 0 bridgehead atoms. The Morgan fingerprint density at radius 3 is 2.85 bits per heavy atom. The second-order valence-electron chi connectivity index (χ2n) is 7.44. The zero-order valence-electron chi connectivity index (χ0n) is 15.6. The highest BCUT2D eigenvalue weighted by molar-refractivity contribution is 5.60. The molecule has 0 aromatic carbocycles. The molecule has 0 fully saturated rings. The molecule has 1 aliphatic carbocycles. The van der Waals surface area contributed by atoms with Gasteiger partial charge in [-0.05, 0) is 37.7 Å². The Balaban J connectivity index is 1.71. The summed E-state index contributed by atoms with van der Waals surface area (Å²) in [6, 6.07) is 3.64. The quantitative estimate of drug-likeness (QED) is 0.714. The Bertz CT molecular complexity index is 924. The maximum Gasteiger partial charge on any atom is 0.279 e. The monoisotopic (exact) mass is 353 g/mol. The van der Waals surface area contributed by atoms with Crippen molar-refractivity contribution in [3.8, 4) is 28.9 Å². The van der Waals surface area contributed by atoms with Crippen molar-refractivity contribution in [2.45, 2.75) is 46.6 Å². The average molecular weight is 353 g/mol. The first-order valence-electron chi connectivity index (χ1n) is 8.94. The van der Waals surface area contributed by atoms with Gasteiger partial charge in [-0.3, -0.25) is 4.68 Å². The molecule has 0 radical (unpaired) electrons. The van der Waals surface area contributed by atoms with Gasteiger partial charge in [-0.25, -0.2) is 4.98 Å². The number of hydrogen-bond acceptors (Lipinski definition) is 6. The van der Waals surface area contributed by atoms with Crippen LogP contribution in [0.1, 0.15) is 38.4 Å². The summed E-state index contributed by atoms with van der Waals surface area (Å²) in [6.07, 6.45) is 4.81. The summed E-state index contributed by atoms with van der Waals surface area (Å²) in [7, 11) is 1.59. The van der Waals surface area contributed by atoms with Gasteiger partial charge >= 0.3 is 0 Å². The molecule has 3 aromatic rings. The molecule has 0 unspecified atom stereocenters. The predicted octanol–water partition coefficient (Wildman–Crippen LogP) is 3.54. The van der Waals surface area contributed by atoms with E-state index in [2.05, 4.69) is 40.6 Å². The topological polar surface area (TPSA) is 78.9 Å². The fraction of sp³-hybridized carbons (Fsp3) is 0.474. The van der Waals surface area contributed by atoms with Crippen LogP contribution in [0.5, 0.6) is 5.88 Å². The summed E-state index contributed by atoms with van der Waals surface area (Å²) < 4.78 is 12.7. The van der Waals surface area contributed by atoms with E-state index in [1.54, 1.807) is 19.4 Å². The Kier molecular flexibility index (Phi) is 4.01. The van der Waals surface area contributed by atoms with E-state index in [1.807, 2.05) is 6.07 Å². The maximum atomic E-state index is 5.54. The van der Waals surface area contributed by atoms with E-state index in [-0.39, 0.29) is 0 Å². The van der Waals surface area contributed by atoms with E-state index in [0.29, 0.717) is 23.0 Å². The molecule has 0 aliphatic heterocycles. The van der Waals surface area contributed by atoms with Crippen LogP contribution in [0.2, 0.25) is 0 Å². The fourth-order valence-electron chi connectivity index (χ4n) is 3.50. The third-order valence-corrected chi connectivity index (χ3v) is 5.00. The lowest BCUT2D eigenvalue weighted by Gasteiger charge is -2.30. The molecule has 0 spiro atoms. The molecule has 4 rings (SSSR count). The molecule has 0 atom stereocenters. The van der Waals surface area contributed by atoms with Crippen molar-refractivity contribution in [1.82, 2.24) is 24.9 Å². The summed E-state index contributed by atoms with van der Waals surface area (Å²) in [5, 5.41) is 8.88. The van der Waals surface area contributed by atoms with Crippen molar-refractivity contribution >= 4 is 0 Å². The number of hydrogen-bond donors (Lipinski definition) is 0. The summed E-state index contributed by atoms with van der Waals surface area (Å²) in [5.74, 6) is 1.53. The van der Waals surface area contributed by atoms with E-state index in [9.17, 15) is 0 Å². The van der Waals surface area contributed by atoms with Crippen LogP contribution in [0.4, 0.5) is 0 Å². The number of ether oxygens (including phenoxy) is 1. The average Bonchev–Trinajstić information content (AvgIpc) is 3.25. The number of pyridine rings is 1. The molecule has 1 aliphatic rings. The second kappa shape index (κ2) is 6.23. The molecule has 7 heteroatoms. The molecular weight excluding hydrogens is 330 g/mol. The van der Waals surface area contributed by atoms with Crippen molar-refractivity contribution < 1.29 is 9.26 Å². The van der Waals surface area contributed by atoms with Gasteiger partial charge in [-0.15, -0.1) is 0 Å². The number of rotatable bonds is 4. The molecule has 136 valence electrons. The van der Waals surface area contributed by atoms with Crippen LogP contribution < -0.4 is 4.74 Å². The zero-order chi connectivity index (χ0) is 18.3. The van der Waals surface area contributed by atoms with Crippen molar-refractivity contribution in [3.05, 3.63) is 29.6 Å². The van der Waals surface area contributed by atoms with E-state index < -0.39 is 0 Å². The minimum Gasteiger partial charge on any atom is -0.481 e. The highest BCUT2D eigenvalue weighted by Gasteiger charge is 2.32. The number of aryl methyl sites for hydroxylation is 1. The molecular formula is C19H23N5O2. The summed E-state index contributed by atoms with van der Waals surface area (Å²) in [4.78, 5) is 8.76. The first-order chi connectivity index (χ1) is 12.5. The summed E-state index contributed by atoms with van der Waals surface area (Å²) in [5.41, 5.74) is 4.44. The van der Waals surface area contributed by atoms with Gasteiger partial charge in [0.05, 0.1) is 7.11 Å². The predicted molar refractivity (Wildman–Crippen MR) is 96.8 cm³/mol. The molecule has 0 saturated carbocycles. The first-order valence-corrected chi connectivity index (χ1v) is 8.94. The largest absolute Gasteiger partial charge is 0.481 e. The molecule has 7 nitrogen and oxygen atoms in total. The van der Waals surface area contributed by atoms with Crippen LogP contribution in [0, 0.1) is 5.41 Å². The lowest BCUT2D eigenvalue weighted by Crippen LogP contribution is -2.24. The standard InChI is InChI=1S/C19H23N5O2/c1-5-24-14-10-19(2,3)9-8-13(14)16(22-24)18-21-17(23-26-18)12-6-7-15(25-4)20-11-12/h6-7,11H,5,8-10H2,1-4H3. The molecule has 3 aromatic heterocycles. The summed E-state index contributed by atoms with van der Waals surface area (Å²) >= 11 is 0. The molecule has 3 heterocycles. The van der Waals surface area contributed by atoms with Gasteiger partial charge in [0, 0.05) is 35.6 Å². The van der Waals surface area contributed by atoms with E-state index in [1.165, 1.54) is 11.3 Å². The van der Waals surface area contributed by atoms with Crippen LogP contribution in [-0.2, 0) is 19.4 Å².